The third-order valence-electron chi connectivity index (χ3n) is 4.03. The van der Waals surface area contributed by atoms with Gasteiger partial charge in [-0.25, -0.2) is 0 Å². The van der Waals surface area contributed by atoms with Gasteiger partial charge in [-0.3, -0.25) is 4.79 Å². The molecule has 1 amide bonds. The number of hydrogen-bond acceptors (Lipinski definition) is 7. The van der Waals surface area contributed by atoms with Crippen LogP contribution in [0, 0.1) is 0 Å². The molecule has 0 bridgehead atoms. The van der Waals surface area contributed by atoms with Crippen LogP contribution in [0.1, 0.15) is 5.89 Å². The smallest absolute Gasteiger partial charge is 0.260 e. The molecule has 1 heterocycles. The monoisotopic (exact) mass is 383 g/mol. The molecule has 0 saturated heterocycles. The number of ether oxygens (including phenoxy) is 3. The van der Waals surface area contributed by atoms with Gasteiger partial charge in [0, 0.05) is 12.6 Å². The Kier molecular flexibility index (Phi) is 6.11. The molecule has 8 heteroatoms. The predicted molar refractivity (Wildman–Crippen MR) is 101 cm³/mol. The van der Waals surface area contributed by atoms with E-state index in [1.54, 1.807) is 33.4 Å². The molecule has 1 aromatic heterocycles. The van der Waals surface area contributed by atoms with Crippen LogP contribution in [0.15, 0.2) is 53.1 Å². The molecule has 0 unspecified atom stereocenters. The molecular weight excluding hydrogens is 362 g/mol. The van der Waals surface area contributed by atoms with Crippen LogP contribution in [0.4, 0.5) is 0 Å². The number of hydrogen-bond donors (Lipinski definition) is 0. The normalized spacial score (nSPS) is 10.4. The van der Waals surface area contributed by atoms with Gasteiger partial charge in [-0.2, -0.15) is 4.98 Å². The number of benzene rings is 2. The van der Waals surface area contributed by atoms with Gasteiger partial charge in [-0.1, -0.05) is 17.3 Å². The van der Waals surface area contributed by atoms with Gasteiger partial charge in [-0.15, -0.1) is 0 Å². The SMILES string of the molecule is COc1ccc(-c2noc(CN(C)C(=O)COc3ccccc3OC)n2)cc1. The summed E-state index contributed by atoms with van der Waals surface area (Å²) in [5.41, 5.74) is 0.796. The topological polar surface area (TPSA) is 86.9 Å². The first kappa shape index (κ1) is 19.2. The van der Waals surface area contributed by atoms with Crippen molar-refractivity contribution in [3.8, 4) is 28.6 Å². The van der Waals surface area contributed by atoms with Gasteiger partial charge in [-0.05, 0) is 36.4 Å². The van der Waals surface area contributed by atoms with E-state index in [1.165, 1.54) is 4.90 Å². The molecule has 0 fully saturated rings. The van der Waals surface area contributed by atoms with Crippen LogP contribution >= 0.6 is 0 Å². The number of methoxy groups -OCH3 is 2. The molecule has 0 aliphatic rings. The lowest BCUT2D eigenvalue weighted by molar-refractivity contribution is -0.132. The van der Waals surface area contributed by atoms with Gasteiger partial charge in [0.15, 0.2) is 18.1 Å². The number of carbonyl (C=O) groups is 1. The summed E-state index contributed by atoms with van der Waals surface area (Å²) in [7, 11) is 4.79. The number of para-hydroxylation sites is 2. The van der Waals surface area contributed by atoms with E-state index < -0.39 is 0 Å². The fourth-order valence-electron chi connectivity index (χ4n) is 2.46. The highest BCUT2D eigenvalue weighted by atomic mass is 16.5. The Labute approximate surface area is 162 Å². The van der Waals surface area contributed by atoms with Crippen molar-refractivity contribution in [2.45, 2.75) is 6.54 Å². The maximum Gasteiger partial charge on any atom is 0.260 e. The Hall–Kier alpha value is -3.55. The molecule has 8 nitrogen and oxygen atoms in total. The quantitative estimate of drug-likeness (QED) is 0.591. The Morgan fingerprint density at radius 1 is 1.04 bits per heavy atom. The van der Waals surface area contributed by atoms with Crippen LogP contribution in [0.3, 0.4) is 0 Å². The molecule has 0 saturated carbocycles. The second-order valence-corrected chi connectivity index (χ2v) is 5.93. The fourth-order valence-corrected chi connectivity index (χ4v) is 2.46. The van der Waals surface area contributed by atoms with Crippen LogP contribution in [-0.4, -0.2) is 48.8 Å². The number of carbonyl (C=O) groups excluding carboxylic acids is 1. The number of aromatic nitrogens is 2. The maximum atomic E-state index is 12.3. The molecule has 0 N–H and O–H groups in total. The summed E-state index contributed by atoms with van der Waals surface area (Å²) in [5.74, 6) is 2.37. The average molecular weight is 383 g/mol. The summed E-state index contributed by atoms with van der Waals surface area (Å²) in [6, 6.07) is 14.5. The minimum absolute atomic E-state index is 0.129. The molecule has 3 rings (SSSR count). The summed E-state index contributed by atoms with van der Waals surface area (Å²) >= 11 is 0. The molecule has 146 valence electrons. The number of likely N-dealkylation sites (N-methyl/N-ethyl adjacent to an activating group) is 1. The summed E-state index contributed by atoms with van der Waals surface area (Å²) in [5, 5.41) is 3.96. The van der Waals surface area contributed by atoms with E-state index in [0.717, 1.165) is 11.3 Å². The van der Waals surface area contributed by atoms with Crippen LogP contribution in [0.5, 0.6) is 17.2 Å². The highest BCUT2D eigenvalue weighted by molar-refractivity contribution is 5.77. The number of amides is 1. The highest BCUT2D eigenvalue weighted by Gasteiger charge is 2.16. The molecule has 28 heavy (non-hydrogen) atoms. The summed E-state index contributed by atoms with van der Waals surface area (Å²) in [6.07, 6.45) is 0. The van der Waals surface area contributed by atoms with Crippen LogP contribution in [0.2, 0.25) is 0 Å². The van der Waals surface area contributed by atoms with Crippen molar-refractivity contribution < 1.29 is 23.5 Å². The first-order valence-corrected chi connectivity index (χ1v) is 8.57. The Morgan fingerprint density at radius 3 is 2.43 bits per heavy atom. The average Bonchev–Trinajstić information content (AvgIpc) is 3.20. The van der Waals surface area contributed by atoms with E-state index in [4.69, 9.17) is 18.7 Å². The van der Waals surface area contributed by atoms with E-state index >= 15 is 0 Å². The maximum absolute atomic E-state index is 12.3. The standard InChI is InChI=1S/C20H21N3O5/c1-23(19(24)13-27-17-7-5-4-6-16(17)26-3)12-18-21-20(22-28-18)14-8-10-15(25-2)11-9-14/h4-11H,12-13H2,1-3H3. The van der Waals surface area contributed by atoms with Gasteiger partial charge in [0.2, 0.25) is 11.7 Å². The van der Waals surface area contributed by atoms with Gasteiger partial charge >= 0.3 is 0 Å². The second-order valence-electron chi connectivity index (χ2n) is 5.93. The van der Waals surface area contributed by atoms with Gasteiger partial charge in [0.05, 0.1) is 20.8 Å². The third kappa shape index (κ3) is 4.59. The zero-order valence-corrected chi connectivity index (χ0v) is 15.9. The van der Waals surface area contributed by atoms with Crippen molar-refractivity contribution in [1.29, 1.82) is 0 Å². The molecule has 3 aromatic rings. The number of rotatable bonds is 8. The summed E-state index contributed by atoms with van der Waals surface area (Å²) in [4.78, 5) is 18.1. The van der Waals surface area contributed by atoms with Crippen LogP contribution in [-0.2, 0) is 11.3 Å². The molecule has 0 radical (unpaired) electrons. The zero-order valence-electron chi connectivity index (χ0n) is 15.9. The third-order valence-corrected chi connectivity index (χ3v) is 4.03. The molecule has 2 aromatic carbocycles. The zero-order chi connectivity index (χ0) is 19.9. The first-order chi connectivity index (χ1) is 13.6. The highest BCUT2D eigenvalue weighted by Crippen LogP contribution is 2.25. The van der Waals surface area contributed by atoms with Crippen LogP contribution in [0.25, 0.3) is 11.4 Å². The van der Waals surface area contributed by atoms with E-state index in [-0.39, 0.29) is 19.1 Å². The van der Waals surface area contributed by atoms with Crippen LogP contribution < -0.4 is 14.2 Å². The van der Waals surface area contributed by atoms with Crippen molar-refractivity contribution in [3.05, 3.63) is 54.4 Å². The number of nitrogens with zero attached hydrogens (tertiary/aromatic N) is 3. The van der Waals surface area contributed by atoms with E-state index in [9.17, 15) is 4.79 Å². The van der Waals surface area contributed by atoms with Crippen molar-refractivity contribution in [2.75, 3.05) is 27.9 Å². The van der Waals surface area contributed by atoms with Crippen molar-refractivity contribution in [3.63, 3.8) is 0 Å². The predicted octanol–water partition coefficient (Wildman–Crippen LogP) is 2.79. The lowest BCUT2D eigenvalue weighted by Gasteiger charge is -2.16. The molecule has 0 aliphatic heterocycles. The summed E-state index contributed by atoms with van der Waals surface area (Å²) in [6.45, 7) is 0.0492. The van der Waals surface area contributed by atoms with Gasteiger partial charge in [0.25, 0.3) is 5.91 Å². The molecule has 0 aliphatic carbocycles. The van der Waals surface area contributed by atoms with Gasteiger partial charge in [0.1, 0.15) is 5.75 Å². The minimum Gasteiger partial charge on any atom is -0.497 e. The van der Waals surface area contributed by atoms with E-state index in [2.05, 4.69) is 10.1 Å². The molecule has 0 spiro atoms. The largest absolute Gasteiger partial charge is 0.497 e. The van der Waals surface area contributed by atoms with Gasteiger partial charge < -0.3 is 23.6 Å². The Bertz CT molecular complexity index is 924. The van der Waals surface area contributed by atoms with Crippen molar-refractivity contribution in [1.82, 2.24) is 15.0 Å². The fraction of sp³-hybridized carbons (Fsp3) is 0.250. The minimum atomic E-state index is -0.227. The van der Waals surface area contributed by atoms with Crippen molar-refractivity contribution >= 4 is 5.91 Å². The van der Waals surface area contributed by atoms with E-state index in [0.29, 0.717) is 23.2 Å². The van der Waals surface area contributed by atoms with Crippen molar-refractivity contribution in [2.24, 2.45) is 0 Å². The Balaban J connectivity index is 1.57. The molecular formula is C20H21N3O5. The first-order valence-electron chi connectivity index (χ1n) is 8.57. The molecule has 0 atom stereocenters. The van der Waals surface area contributed by atoms with E-state index in [1.807, 2.05) is 36.4 Å². The summed E-state index contributed by atoms with van der Waals surface area (Å²) < 4.78 is 21.1. The lowest BCUT2D eigenvalue weighted by Crippen LogP contribution is -2.31. The Morgan fingerprint density at radius 2 is 1.75 bits per heavy atom. The lowest BCUT2D eigenvalue weighted by atomic mass is 10.2. The second kappa shape index (κ2) is 8.90.